The van der Waals surface area contributed by atoms with Gasteiger partial charge in [-0.25, -0.2) is 4.98 Å². The van der Waals surface area contributed by atoms with E-state index in [0.29, 0.717) is 13.1 Å². The predicted octanol–water partition coefficient (Wildman–Crippen LogP) is 0.291. The molecule has 0 unspecified atom stereocenters. The summed E-state index contributed by atoms with van der Waals surface area (Å²) >= 11 is 1.54. The van der Waals surface area contributed by atoms with Crippen molar-refractivity contribution in [2.45, 2.75) is 13.5 Å². The molecule has 0 aliphatic heterocycles. The first-order valence-corrected chi connectivity index (χ1v) is 5.42. The molecule has 0 atom stereocenters. The maximum absolute atomic E-state index is 11.2. The fraction of sp³-hybridized carbons (Fsp3) is 0.400. The summed E-state index contributed by atoms with van der Waals surface area (Å²) in [5, 5.41) is 8.43. The van der Waals surface area contributed by atoms with E-state index in [2.05, 4.69) is 21.5 Å². The highest BCUT2D eigenvalue weighted by Crippen LogP contribution is 2.07. The van der Waals surface area contributed by atoms with Gasteiger partial charge in [0, 0.05) is 11.1 Å². The minimum Gasteiger partial charge on any atom is -0.348 e. The number of aryl methyl sites for hydroxylation is 1. The molecule has 0 aromatic carbocycles. The molecule has 80 valence electrons. The van der Waals surface area contributed by atoms with E-state index in [1.807, 2.05) is 12.3 Å². The van der Waals surface area contributed by atoms with Crippen molar-refractivity contribution in [2.75, 3.05) is 13.1 Å². The molecular weight excluding hydrogens is 210 g/mol. The summed E-state index contributed by atoms with van der Waals surface area (Å²) in [6, 6.07) is 0. The van der Waals surface area contributed by atoms with Gasteiger partial charge in [-0.05, 0) is 6.92 Å². The molecule has 0 fully saturated rings. The van der Waals surface area contributed by atoms with Gasteiger partial charge in [0.2, 0.25) is 5.91 Å². The number of carbonyl (C=O) groups is 1. The second-order valence-electron chi connectivity index (χ2n) is 2.97. The zero-order valence-electron chi connectivity index (χ0n) is 8.54. The van der Waals surface area contributed by atoms with Crippen LogP contribution in [-0.4, -0.2) is 24.0 Å². The highest BCUT2D eigenvalue weighted by molar-refractivity contribution is 7.09. The number of amides is 1. The molecule has 4 nitrogen and oxygen atoms in total. The van der Waals surface area contributed by atoms with Crippen LogP contribution in [0.2, 0.25) is 0 Å². The van der Waals surface area contributed by atoms with E-state index in [1.165, 1.54) is 0 Å². The molecule has 0 saturated carbocycles. The van der Waals surface area contributed by atoms with Crippen LogP contribution in [0.5, 0.6) is 0 Å². The van der Waals surface area contributed by atoms with Crippen LogP contribution >= 0.6 is 11.3 Å². The fourth-order valence-corrected chi connectivity index (χ4v) is 1.68. The number of carbonyl (C=O) groups excluding carboxylic acids is 1. The molecule has 0 spiro atoms. The van der Waals surface area contributed by atoms with Crippen molar-refractivity contribution in [2.24, 2.45) is 0 Å². The lowest BCUT2D eigenvalue weighted by Crippen LogP contribution is -2.33. The Kier molecular flexibility index (Phi) is 4.81. The molecule has 0 bridgehead atoms. The molecule has 1 amide bonds. The summed E-state index contributed by atoms with van der Waals surface area (Å²) < 4.78 is 0. The maximum atomic E-state index is 11.2. The van der Waals surface area contributed by atoms with Gasteiger partial charge in [-0.1, -0.05) is 5.92 Å². The van der Waals surface area contributed by atoms with Crippen LogP contribution in [0.1, 0.15) is 10.7 Å². The van der Waals surface area contributed by atoms with Crippen molar-refractivity contribution in [1.82, 2.24) is 15.6 Å². The minimum atomic E-state index is -0.0712. The number of hydrogen-bond acceptors (Lipinski definition) is 4. The van der Waals surface area contributed by atoms with Crippen molar-refractivity contribution in [3.8, 4) is 12.3 Å². The Morgan fingerprint density at radius 3 is 3.13 bits per heavy atom. The summed E-state index contributed by atoms with van der Waals surface area (Å²) in [7, 11) is 0. The van der Waals surface area contributed by atoms with E-state index < -0.39 is 0 Å². The molecule has 1 aromatic heterocycles. The number of terminal acetylenes is 1. The van der Waals surface area contributed by atoms with Gasteiger partial charge in [0.05, 0.1) is 19.6 Å². The molecule has 0 aliphatic carbocycles. The summed E-state index contributed by atoms with van der Waals surface area (Å²) in [6.07, 6.45) is 5.03. The van der Waals surface area contributed by atoms with Crippen LogP contribution in [0.3, 0.4) is 0 Å². The van der Waals surface area contributed by atoms with Crippen LogP contribution < -0.4 is 10.6 Å². The van der Waals surface area contributed by atoms with Gasteiger partial charge in [0.15, 0.2) is 0 Å². The third kappa shape index (κ3) is 4.58. The summed E-state index contributed by atoms with van der Waals surface area (Å²) in [5.74, 6) is 2.33. The van der Waals surface area contributed by atoms with Crippen molar-refractivity contribution in [1.29, 1.82) is 0 Å². The number of nitrogens with zero attached hydrogens (tertiary/aromatic N) is 1. The minimum absolute atomic E-state index is 0.0712. The third-order valence-corrected chi connectivity index (χ3v) is 2.58. The lowest BCUT2D eigenvalue weighted by atomic mass is 10.5. The van der Waals surface area contributed by atoms with Crippen LogP contribution in [0.25, 0.3) is 0 Å². The summed E-state index contributed by atoms with van der Waals surface area (Å²) in [5.41, 5.74) is 0.981. The molecular formula is C10H13N3OS. The monoisotopic (exact) mass is 223 g/mol. The van der Waals surface area contributed by atoms with Crippen molar-refractivity contribution < 1.29 is 4.79 Å². The Morgan fingerprint density at radius 2 is 2.53 bits per heavy atom. The van der Waals surface area contributed by atoms with Gasteiger partial charge < -0.3 is 5.32 Å². The predicted molar refractivity (Wildman–Crippen MR) is 60.4 cm³/mol. The van der Waals surface area contributed by atoms with Crippen LogP contribution in [0, 0.1) is 19.3 Å². The van der Waals surface area contributed by atoms with Gasteiger partial charge in [-0.2, -0.15) is 0 Å². The van der Waals surface area contributed by atoms with Gasteiger partial charge in [-0.3, -0.25) is 10.1 Å². The Balaban J connectivity index is 2.20. The second kappa shape index (κ2) is 6.17. The number of hydrogen-bond donors (Lipinski definition) is 2. The highest BCUT2D eigenvalue weighted by atomic mass is 32.1. The normalized spacial score (nSPS) is 9.60. The average molecular weight is 223 g/mol. The Morgan fingerprint density at radius 1 is 1.73 bits per heavy atom. The molecule has 2 N–H and O–H groups in total. The molecule has 1 aromatic rings. The first-order chi connectivity index (χ1) is 7.22. The zero-order valence-corrected chi connectivity index (χ0v) is 9.36. The van der Waals surface area contributed by atoms with Crippen molar-refractivity contribution in [3.05, 3.63) is 16.1 Å². The number of nitrogens with one attached hydrogen (secondary N) is 2. The van der Waals surface area contributed by atoms with Crippen molar-refractivity contribution >= 4 is 17.2 Å². The smallest absolute Gasteiger partial charge is 0.234 e. The van der Waals surface area contributed by atoms with E-state index in [-0.39, 0.29) is 12.5 Å². The summed E-state index contributed by atoms with van der Waals surface area (Å²) in [6.45, 7) is 3.06. The lowest BCUT2D eigenvalue weighted by molar-refractivity contribution is -0.120. The van der Waals surface area contributed by atoms with E-state index in [4.69, 9.17) is 6.42 Å². The quantitative estimate of drug-likeness (QED) is 0.557. The summed E-state index contributed by atoms with van der Waals surface area (Å²) in [4.78, 5) is 15.5. The molecule has 15 heavy (non-hydrogen) atoms. The fourth-order valence-electron chi connectivity index (χ4n) is 0.969. The Hall–Kier alpha value is -1.38. The molecule has 0 aliphatic rings. The highest BCUT2D eigenvalue weighted by Gasteiger charge is 2.02. The third-order valence-electron chi connectivity index (χ3n) is 1.62. The largest absolute Gasteiger partial charge is 0.348 e. The lowest BCUT2D eigenvalue weighted by Gasteiger charge is -2.02. The van der Waals surface area contributed by atoms with Gasteiger partial charge in [0.25, 0.3) is 0 Å². The van der Waals surface area contributed by atoms with Crippen LogP contribution in [-0.2, 0) is 11.3 Å². The topological polar surface area (TPSA) is 54.0 Å². The number of aromatic nitrogens is 1. The zero-order chi connectivity index (χ0) is 11.1. The van der Waals surface area contributed by atoms with Crippen molar-refractivity contribution in [3.63, 3.8) is 0 Å². The van der Waals surface area contributed by atoms with Gasteiger partial charge in [-0.15, -0.1) is 17.8 Å². The van der Waals surface area contributed by atoms with Crippen LogP contribution in [0.4, 0.5) is 0 Å². The average Bonchev–Trinajstić information content (AvgIpc) is 2.62. The molecule has 0 radical (unpaired) electrons. The van der Waals surface area contributed by atoms with E-state index >= 15 is 0 Å². The standard InChI is InChI=1S/C10H13N3OS/c1-3-4-11-5-9(14)12-6-10-13-8(2)7-15-10/h1,7,11H,4-6H2,2H3,(H,12,14). The second-order valence-corrected chi connectivity index (χ2v) is 3.91. The molecule has 5 heteroatoms. The van der Waals surface area contributed by atoms with E-state index in [9.17, 15) is 4.79 Å². The molecule has 1 heterocycles. The van der Waals surface area contributed by atoms with Crippen LogP contribution in [0.15, 0.2) is 5.38 Å². The first kappa shape index (κ1) is 11.7. The van der Waals surface area contributed by atoms with E-state index in [1.54, 1.807) is 11.3 Å². The van der Waals surface area contributed by atoms with Gasteiger partial charge >= 0.3 is 0 Å². The number of rotatable bonds is 5. The molecule has 0 saturated heterocycles. The first-order valence-electron chi connectivity index (χ1n) is 4.54. The Bertz CT molecular complexity index is 367. The molecule has 1 rings (SSSR count). The SMILES string of the molecule is C#CCNCC(=O)NCc1nc(C)cs1. The Labute approximate surface area is 93.1 Å². The maximum Gasteiger partial charge on any atom is 0.234 e. The number of thiazole rings is 1. The van der Waals surface area contributed by atoms with Gasteiger partial charge in [0.1, 0.15) is 5.01 Å². The van der Waals surface area contributed by atoms with E-state index in [0.717, 1.165) is 10.7 Å².